The summed E-state index contributed by atoms with van der Waals surface area (Å²) in [6.07, 6.45) is 0. The molecular formula is C12H5Br4I. The van der Waals surface area contributed by atoms with Crippen molar-refractivity contribution in [1.29, 1.82) is 0 Å². The maximum Gasteiger partial charge on any atom is 0.0276 e. The summed E-state index contributed by atoms with van der Waals surface area (Å²) in [5, 5.41) is 0. The largest absolute Gasteiger partial charge is 0.0600 e. The molecular weight excluding hydrogens is 591 g/mol. The third-order valence-corrected chi connectivity index (χ3v) is 5.41. The van der Waals surface area contributed by atoms with Gasteiger partial charge in [0.15, 0.2) is 0 Å². The van der Waals surface area contributed by atoms with Gasteiger partial charge in [-0.15, -0.1) is 0 Å². The van der Waals surface area contributed by atoms with Gasteiger partial charge in [-0.25, -0.2) is 0 Å². The van der Waals surface area contributed by atoms with Crippen LogP contribution in [0.5, 0.6) is 0 Å². The van der Waals surface area contributed by atoms with E-state index in [0.717, 1.165) is 29.0 Å². The molecule has 0 N–H and O–H groups in total. The predicted molar refractivity (Wildman–Crippen MR) is 95.4 cm³/mol. The lowest BCUT2D eigenvalue weighted by Gasteiger charge is -2.12. The van der Waals surface area contributed by atoms with Crippen LogP contribution >= 0.6 is 86.3 Å². The zero-order valence-corrected chi connectivity index (χ0v) is 16.8. The fourth-order valence-electron chi connectivity index (χ4n) is 1.52. The van der Waals surface area contributed by atoms with E-state index in [-0.39, 0.29) is 0 Å². The van der Waals surface area contributed by atoms with Crippen LogP contribution in [0.1, 0.15) is 0 Å². The van der Waals surface area contributed by atoms with Crippen molar-refractivity contribution in [2.75, 3.05) is 0 Å². The van der Waals surface area contributed by atoms with Crippen LogP contribution in [-0.4, -0.2) is 0 Å². The van der Waals surface area contributed by atoms with Gasteiger partial charge in [0.05, 0.1) is 0 Å². The van der Waals surface area contributed by atoms with Crippen molar-refractivity contribution in [1.82, 2.24) is 0 Å². The summed E-state index contributed by atoms with van der Waals surface area (Å²) >= 11 is 16.7. The minimum atomic E-state index is 1.06. The Morgan fingerprint density at radius 1 is 0.706 bits per heavy atom. The summed E-state index contributed by atoms with van der Waals surface area (Å²) in [6.45, 7) is 0. The van der Waals surface area contributed by atoms with Crippen molar-refractivity contribution in [2.24, 2.45) is 0 Å². The van der Waals surface area contributed by atoms with Gasteiger partial charge in [0.25, 0.3) is 0 Å². The predicted octanol–water partition coefficient (Wildman–Crippen LogP) is 7.01. The second-order valence-electron chi connectivity index (χ2n) is 3.34. The molecule has 0 aliphatic rings. The molecule has 0 saturated carbocycles. The molecule has 0 unspecified atom stereocenters. The molecule has 5 heteroatoms. The van der Waals surface area contributed by atoms with Crippen LogP contribution in [0.3, 0.4) is 0 Å². The second kappa shape index (κ2) is 6.03. The Labute approximate surface area is 147 Å². The summed E-state index contributed by atoms with van der Waals surface area (Å²) in [7, 11) is 0. The van der Waals surface area contributed by atoms with Gasteiger partial charge >= 0.3 is 0 Å². The van der Waals surface area contributed by atoms with E-state index in [0.29, 0.717) is 0 Å². The van der Waals surface area contributed by atoms with Gasteiger partial charge in [-0.1, -0.05) is 69.8 Å². The molecule has 0 amide bonds. The monoisotopic (exact) mass is 592 g/mol. The van der Waals surface area contributed by atoms with E-state index in [4.69, 9.17) is 0 Å². The molecule has 2 aromatic rings. The van der Waals surface area contributed by atoms with Gasteiger partial charge in [-0.2, -0.15) is 0 Å². The molecule has 17 heavy (non-hydrogen) atoms. The first-order valence-electron chi connectivity index (χ1n) is 4.59. The van der Waals surface area contributed by atoms with E-state index in [1.807, 2.05) is 18.2 Å². The van der Waals surface area contributed by atoms with Crippen LogP contribution in [0.25, 0.3) is 11.1 Å². The molecule has 2 aromatic carbocycles. The van der Waals surface area contributed by atoms with Crippen molar-refractivity contribution in [3.05, 3.63) is 51.8 Å². The highest BCUT2D eigenvalue weighted by atomic mass is 127. The fraction of sp³-hybridized carbons (Fsp3) is 0. The maximum atomic E-state index is 3.63. The third kappa shape index (κ3) is 3.16. The lowest BCUT2D eigenvalue weighted by atomic mass is 10.1. The van der Waals surface area contributed by atoms with Gasteiger partial charge in [0.2, 0.25) is 0 Å². The van der Waals surface area contributed by atoms with Crippen LogP contribution in [0.2, 0.25) is 0 Å². The average Bonchev–Trinajstić information content (AvgIpc) is 2.21. The Morgan fingerprint density at radius 2 is 1.12 bits per heavy atom. The van der Waals surface area contributed by atoms with E-state index < -0.39 is 0 Å². The van der Waals surface area contributed by atoms with E-state index in [2.05, 4.69) is 98.4 Å². The van der Waals surface area contributed by atoms with Gasteiger partial charge in [0, 0.05) is 32.6 Å². The van der Waals surface area contributed by atoms with Crippen molar-refractivity contribution < 1.29 is 0 Å². The van der Waals surface area contributed by atoms with Gasteiger partial charge in [-0.05, 0) is 46.9 Å². The molecule has 0 aliphatic carbocycles. The molecule has 0 radical (unpaired) electrons. The van der Waals surface area contributed by atoms with E-state index >= 15 is 0 Å². The Hall–Kier alpha value is 1.09. The lowest BCUT2D eigenvalue weighted by Crippen LogP contribution is -1.87. The van der Waals surface area contributed by atoms with Crippen LogP contribution in [0.4, 0.5) is 0 Å². The molecule has 0 spiro atoms. The molecule has 0 atom stereocenters. The number of halogens is 5. The first-order valence-corrected chi connectivity index (χ1v) is 8.84. The first kappa shape index (κ1) is 14.5. The quantitative estimate of drug-likeness (QED) is 0.311. The van der Waals surface area contributed by atoms with Crippen LogP contribution in [0.15, 0.2) is 48.2 Å². The molecule has 2 rings (SSSR count). The van der Waals surface area contributed by atoms with Crippen molar-refractivity contribution in [3.8, 4) is 11.1 Å². The zero-order valence-electron chi connectivity index (χ0n) is 8.28. The first-order chi connectivity index (χ1) is 8.00. The minimum absolute atomic E-state index is 1.06. The third-order valence-electron chi connectivity index (χ3n) is 2.22. The van der Waals surface area contributed by atoms with Crippen LogP contribution in [0, 0.1) is 3.57 Å². The summed E-state index contributed by atoms with van der Waals surface area (Å²) in [4.78, 5) is 0. The Bertz CT molecular complexity index is 537. The highest BCUT2D eigenvalue weighted by Gasteiger charge is 2.14. The van der Waals surface area contributed by atoms with Crippen LogP contribution in [-0.2, 0) is 0 Å². The van der Waals surface area contributed by atoms with Gasteiger partial charge in [0.1, 0.15) is 0 Å². The van der Waals surface area contributed by atoms with Gasteiger partial charge < -0.3 is 0 Å². The van der Waals surface area contributed by atoms with Crippen LogP contribution < -0.4 is 0 Å². The molecule has 0 aliphatic heterocycles. The smallest absolute Gasteiger partial charge is 0.0276 e. The van der Waals surface area contributed by atoms with Gasteiger partial charge in [-0.3, -0.25) is 0 Å². The highest BCUT2D eigenvalue weighted by molar-refractivity contribution is 14.1. The van der Waals surface area contributed by atoms with Crippen molar-refractivity contribution in [2.45, 2.75) is 0 Å². The summed E-state index contributed by atoms with van der Waals surface area (Å²) in [5.74, 6) is 0. The Morgan fingerprint density at radius 3 is 1.59 bits per heavy atom. The van der Waals surface area contributed by atoms with Crippen molar-refractivity contribution in [3.63, 3.8) is 0 Å². The Balaban J connectivity index is 2.77. The summed E-state index contributed by atoms with van der Waals surface area (Å²) in [5.41, 5.74) is 2.28. The highest BCUT2D eigenvalue weighted by Crippen LogP contribution is 2.43. The average molecular weight is 596 g/mol. The Kier molecular flexibility index (Phi) is 5.14. The minimum Gasteiger partial charge on any atom is -0.0600 e. The number of rotatable bonds is 1. The zero-order chi connectivity index (χ0) is 12.6. The van der Waals surface area contributed by atoms with E-state index in [9.17, 15) is 0 Å². The number of benzene rings is 2. The molecule has 0 fully saturated rings. The molecule has 0 saturated heterocycles. The normalized spacial score (nSPS) is 10.6. The lowest BCUT2D eigenvalue weighted by molar-refractivity contribution is 1.48. The second-order valence-corrected chi connectivity index (χ2v) is 8.00. The van der Waals surface area contributed by atoms with Crippen molar-refractivity contribution >= 4 is 86.3 Å². The molecule has 0 aromatic heterocycles. The molecule has 0 heterocycles. The standard InChI is InChI=1S/C12H5Br4I/c13-7-2-1-3-8(14)11(7)12-9(15)4-6(17)5-10(12)16/h1-5H. The van der Waals surface area contributed by atoms with E-state index in [1.165, 1.54) is 3.57 Å². The topological polar surface area (TPSA) is 0 Å². The van der Waals surface area contributed by atoms with E-state index in [1.54, 1.807) is 0 Å². The maximum absolute atomic E-state index is 3.63. The summed E-state index contributed by atoms with van der Waals surface area (Å²) in [6, 6.07) is 10.3. The number of hydrogen-bond acceptors (Lipinski definition) is 0. The molecule has 0 nitrogen and oxygen atoms in total. The molecule has 88 valence electrons. The summed E-state index contributed by atoms with van der Waals surface area (Å²) < 4.78 is 5.46. The fourth-order valence-corrected chi connectivity index (χ4v) is 5.97. The molecule has 0 bridgehead atoms. The number of hydrogen-bond donors (Lipinski definition) is 0. The SMILES string of the molecule is Brc1cccc(Br)c1-c1c(Br)cc(I)cc1Br.